The molecule has 3 rings (SSSR count). The average molecular weight is 227 g/mol. The van der Waals surface area contributed by atoms with Crippen LogP contribution in [0.4, 0.5) is 5.95 Å². The molecule has 0 aliphatic rings. The quantitative estimate of drug-likeness (QED) is 0.489. The molecule has 2 heterocycles. The van der Waals surface area contributed by atoms with Crippen molar-refractivity contribution in [1.82, 2.24) is 24.7 Å². The SMILES string of the molecule is NNc1nc(-n2cncn2)c2ccccc2n1. The van der Waals surface area contributed by atoms with E-state index >= 15 is 0 Å². The summed E-state index contributed by atoms with van der Waals surface area (Å²) < 4.78 is 1.57. The molecule has 1 aromatic carbocycles. The van der Waals surface area contributed by atoms with Gasteiger partial charge in [0, 0.05) is 5.39 Å². The molecule has 3 N–H and O–H groups in total. The number of rotatable bonds is 2. The highest BCUT2D eigenvalue weighted by Crippen LogP contribution is 2.19. The number of anilines is 1. The van der Waals surface area contributed by atoms with Crippen LogP contribution < -0.4 is 11.3 Å². The normalized spacial score (nSPS) is 10.6. The summed E-state index contributed by atoms with van der Waals surface area (Å²) in [5, 5.41) is 4.94. The van der Waals surface area contributed by atoms with Gasteiger partial charge in [-0.1, -0.05) is 12.1 Å². The highest BCUT2D eigenvalue weighted by Gasteiger charge is 2.08. The highest BCUT2D eigenvalue weighted by atomic mass is 15.4. The lowest BCUT2D eigenvalue weighted by molar-refractivity contribution is 0.850. The molecule has 3 aromatic rings. The molecule has 2 aromatic heterocycles. The van der Waals surface area contributed by atoms with Crippen LogP contribution in [0, 0.1) is 0 Å². The van der Waals surface area contributed by atoms with Crippen LogP contribution in [0.15, 0.2) is 36.9 Å². The van der Waals surface area contributed by atoms with Crippen LogP contribution in [0.1, 0.15) is 0 Å². The van der Waals surface area contributed by atoms with Gasteiger partial charge in [0.05, 0.1) is 5.52 Å². The Bertz CT molecular complexity index is 647. The third-order valence-corrected chi connectivity index (χ3v) is 2.35. The fourth-order valence-corrected chi connectivity index (χ4v) is 1.62. The first-order valence-corrected chi connectivity index (χ1v) is 4.97. The first-order chi connectivity index (χ1) is 8.38. The minimum atomic E-state index is 0.342. The van der Waals surface area contributed by atoms with E-state index in [1.807, 2.05) is 24.3 Å². The Labute approximate surface area is 96.3 Å². The smallest absolute Gasteiger partial charge is 0.239 e. The third kappa shape index (κ3) is 1.58. The molecule has 17 heavy (non-hydrogen) atoms. The Kier molecular flexibility index (Phi) is 2.16. The van der Waals surface area contributed by atoms with E-state index in [0.717, 1.165) is 10.9 Å². The predicted molar refractivity (Wildman–Crippen MR) is 62.3 cm³/mol. The maximum absolute atomic E-state index is 5.34. The van der Waals surface area contributed by atoms with Gasteiger partial charge in [0.25, 0.3) is 0 Å². The summed E-state index contributed by atoms with van der Waals surface area (Å²) in [5.74, 6) is 6.32. The number of fused-ring (bicyclic) bond motifs is 1. The number of hydrogen-bond donors (Lipinski definition) is 2. The number of nitrogens with one attached hydrogen (secondary N) is 1. The molecule has 0 amide bonds. The first kappa shape index (κ1) is 9.67. The fourth-order valence-electron chi connectivity index (χ4n) is 1.62. The number of para-hydroxylation sites is 1. The molecule has 7 heteroatoms. The van der Waals surface area contributed by atoms with Gasteiger partial charge < -0.3 is 0 Å². The molecule has 0 unspecified atom stereocenters. The Morgan fingerprint density at radius 3 is 2.82 bits per heavy atom. The summed E-state index contributed by atoms with van der Waals surface area (Å²) in [5.41, 5.74) is 3.23. The average Bonchev–Trinajstić information content (AvgIpc) is 2.91. The molecule has 0 saturated heterocycles. The number of hydrogen-bond acceptors (Lipinski definition) is 6. The standard InChI is InChI=1S/C10H9N7/c11-16-10-14-8-4-2-1-3-7(8)9(15-10)17-6-12-5-13-17/h1-6H,11H2,(H,14,15,16). The summed E-state index contributed by atoms with van der Waals surface area (Å²) in [7, 11) is 0. The lowest BCUT2D eigenvalue weighted by atomic mass is 10.2. The second-order valence-electron chi connectivity index (χ2n) is 3.37. The first-order valence-electron chi connectivity index (χ1n) is 4.97. The van der Waals surface area contributed by atoms with Gasteiger partial charge in [-0.3, -0.25) is 5.43 Å². The van der Waals surface area contributed by atoms with Gasteiger partial charge in [-0.25, -0.2) is 20.5 Å². The molecule has 0 radical (unpaired) electrons. The van der Waals surface area contributed by atoms with Crippen molar-refractivity contribution in [2.24, 2.45) is 5.84 Å². The zero-order valence-electron chi connectivity index (χ0n) is 8.78. The number of aromatic nitrogens is 5. The Hall–Kier alpha value is -2.54. The Morgan fingerprint density at radius 1 is 1.18 bits per heavy atom. The van der Waals surface area contributed by atoms with Gasteiger partial charge >= 0.3 is 0 Å². The van der Waals surface area contributed by atoms with Crippen molar-refractivity contribution in [2.45, 2.75) is 0 Å². The minimum Gasteiger partial charge on any atom is -0.292 e. The van der Waals surface area contributed by atoms with E-state index in [1.54, 1.807) is 11.0 Å². The van der Waals surface area contributed by atoms with Gasteiger partial charge in [-0.15, -0.1) is 0 Å². The predicted octanol–water partition coefficient (Wildman–Crippen LogP) is 0.496. The maximum Gasteiger partial charge on any atom is 0.239 e. The Balaban J connectivity index is 2.35. The van der Waals surface area contributed by atoms with E-state index in [4.69, 9.17) is 5.84 Å². The number of nitrogens with zero attached hydrogens (tertiary/aromatic N) is 5. The van der Waals surface area contributed by atoms with Gasteiger partial charge in [-0.05, 0) is 12.1 Å². The summed E-state index contributed by atoms with van der Waals surface area (Å²) in [4.78, 5) is 12.4. The molecule has 0 atom stereocenters. The van der Waals surface area contributed by atoms with Gasteiger partial charge in [-0.2, -0.15) is 10.1 Å². The van der Waals surface area contributed by atoms with E-state index in [1.165, 1.54) is 6.33 Å². The van der Waals surface area contributed by atoms with E-state index in [2.05, 4.69) is 25.5 Å². The van der Waals surface area contributed by atoms with E-state index in [9.17, 15) is 0 Å². The van der Waals surface area contributed by atoms with Crippen LogP contribution in [-0.2, 0) is 0 Å². The number of hydrazine groups is 1. The molecule has 0 bridgehead atoms. The Morgan fingerprint density at radius 2 is 2.06 bits per heavy atom. The monoisotopic (exact) mass is 227 g/mol. The second kappa shape index (κ2) is 3.80. The third-order valence-electron chi connectivity index (χ3n) is 2.35. The second-order valence-corrected chi connectivity index (χ2v) is 3.37. The van der Waals surface area contributed by atoms with Crippen molar-refractivity contribution in [3.63, 3.8) is 0 Å². The van der Waals surface area contributed by atoms with Crippen LogP contribution >= 0.6 is 0 Å². The van der Waals surface area contributed by atoms with Gasteiger partial charge in [0.15, 0.2) is 5.82 Å². The van der Waals surface area contributed by atoms with E-state index in [0.29, 0.717) is 11.8 Å². The lowest BCUT2D eigenvalue weighted by Crippen LogP contribution is -2.12. The van der Waals surface area contributed by atoms with E-state index in [-0.39, 0.29) is 0 Å². The van der Waals surface area contributed by atoms with Crippen molar-refractivity contribution in [3.8, 4) is 5.82 Å². The van der Waals surface area contributed by atoms with E-state index < -0.39 is 0 Å². The van der Waals surface area contributed by atoms with Crippen LogP contribution in [0.2, 0.25) is 0 Å². The zero-order chi connectivity index (χ0) is 11.7. The molecule has 84 valence electrons. The van der Waals surface area contributed by atoms with Crippen molar-refractivity contribution >= 4 is 16.9 Å². The molecule has 0 spiro atoms. The molecule has 0 saturated carbocycles. The largest absolute Gasteiger partial charge is 0.292 e. The summed E-state index contributed by atoms with van der Waals surface area (Å²) in [6.07, 6.45) is 3.03. The lowest BCUT2D eigenvalue weighted by Gasteiger charge is -2.06. The molecular weight excluding hydrogens is 218 g/mol. The molecule has 7 nitrogen and oxygen atoms in total. The minimum absolute atomic E-state index is 0.342. The zero-order valence-corrected chi connectivity index (χ0v) is 8.78. The maximum atomic E-state index is 5.34. The number of nitrogens with two attached hydrogens (primary N) is 1. The topological polar surface area (TPSA) is 94.5 Å². The summed E-state index contributed by atoms with van der Waals surface area (Å²) in [6.45, 7) is 0. The summed E-state index contributed by atoms with van der Waals surface area (Å²) in [6, 6.07) is 7.63. The van der Waals surface area contributed by atoms with Crippen molar-refractivity contribution < 1.29 is 0 Å². The van der Waals surface area contributed by atoms with Crippen LogP contribution in [-0.4, -0.2) is 24.7 Å². The number of nitrogen functional groups attached to an aromatic ring is 1. The molecule has 0 aliphatic heterocycles. The molecule has 0 fully saturated rings. The van der Waals surface area contributed by atoms with Crippen LogP contribution in [0.25, 0.3) is 16.7 Å². The summed E-state index contributed by atoms with van der Waals surface area (Å²) >= 11 is 0. The van der Waals surface area contributed by atoms with Gasteiger partial charge in [0.1, 0.15) is 12.7 Å². The van der Waals surface area contributed by atoms with Crippen molar-refractivity contribution in [2.75, 3.05) is 5.43 Å². The molecular formula is C10H9N7. The van der Waals surface area contributed by atoms with Crippen LogP contribution in [0.3, 0.4) is 0 Å². The van der Waals surface area contributed by atoms with Gasteiger partial charge in [0.2, 0.25) is 5.95 Å². The van der Waals surface area contributed by atoms with Crippen LogP contribution in [0.5, 0.6) is 0 Å². The van der Waals surface area contributed by atoms with Crippen molar-refractivity contribution in [3.05, 3.63) is 36.9 Å². The fraction of sp³-hybridized carbons (Fsp3) is 0. The number of benzene rings is 1. The molecule has 0 aliphatic carbocycles. The highest BCUT2D eigenvalue weighted by molar-refractivity contribution is 5.86. The van der Waals surface area contributed by atoms with Crippen molar-refractivity contribution in [1.29, 1.82) is 0 Å².